The van der Waals surface area contributed by atoms with Gasteiger partial charge in [-0.2, -0.15) is 0 Å². The largest absolute Gasteiger partial charge is 0.493 e. The highest BCUT2D eigenvalue weighted by Crippen LogP contribution is 2.32. The molecule has 1 rings (SSSR count). The van der Waals surface area contributed by atoms with Crippen molar-refractivity contribution in [1.82, 2.24) is 4.90 Å². The van der Waals surface area contributed by atoms with Gasteiger partial charge in [0.05, 0.1) is 32.1 Å². The summed E-state index contributed by atoms with van der Waals surface area (Å²) in [4.78, 5) is 14.0. The fraction of sp³-hybridized carbons (Fsp3) is 0.500. The average Bonchev–Trinajstić information content (AvgIpc) is 2.42. The molecule has 0 aliphatic rings. The van der Waals surface area contributed by atoms with Crippen LogP contribution in [-0.2, 0) is 4.74 Å². The Hall–Kier alpha value is -1.95. The van der Waals surface area contributed by atoms with E-state index in [9.17, 15) is 4.79 Å². The molecule has 0 saturated heterocycles. The molecule has 20 heavy (non-hydrogen) atoms. The van der Waals surface area contributed by atoms with Crippen molar-refractivity contribution in [3.63, 3.8) is 0 Å². The molecule has 0 spiro atoms. The van der Waals surface area contributed by atoms with Gasteiger partial charge < -0.3 is 24.8 Å². The van der Waals surface area contributed by atoms with Crippen LogP contribution in [0.2, 0.25) is 0 Å². The molecule has 0 aromatic heterocycles. The van der Waals surface area contributed by atoms with Gasteiger partial charge >= 0.3 is 5.97 Å². The van der Waals surface area contributed by atoms with Crippen LogP contribution in [0.25, 0.3) is 0 Å². The van der Waals surface area contributed by atoms with Crippen LogP contribution in [0.4, 0.5) is 5.69 Å². The first-order valence-electron chi connectivity index (χ1n) is 6.33. The van der Waals surface area contributed by atoms with Crippen LogP contribution in [0, 0.1) is 0 Å². The van der Waals surface area contributed by atoms with Gasteiger partial charge in [-0.05, 0) is 20.5 Å². The Kier molecular flexibility index (Phi) is 6.11. The number of nitrogens with two attached hydrogens (primary N) is 1. The van der Waals surface area contributed by atoms with E-state index in [0.29, 0.717) is 23.8 Å². The van der Waals surface area contributed by atoms with Gasteiger partial charge in [0.2, 0.25) is 0 Å². The fourth-order valence-electron chi connectivity index (χ4n) is 1.69. The van der Waals surface area contributed by atoms with Gasteiger partial charge in [-0.25, -0.2) is 4.79 Å². The van der Waals surface area contributed by atoms with Gasteiger partial charge in [0.1, 0.15) is 0 Å². The summed E-state index contributed by atoms with van der Waals surface area (Å²) in [6.07, 6.45) is 0.770. The summed E-state index contributed by atoms with van der Waals surface area (Å²) < 4.78 is 15.4. The lowest BCUT2D eigenvalue weighted by Gasteiger charge is -2.13. The van der Waals surface area contributed by atoms with E-state index >= 15 is 0 Å². The number of nitrogens with zero attached hydrogens (tertiary/aromatic N) is 1. The lowest BCUT2D eigenvalue weighted by Crippen LogP contribution is -2.16. The second-order valence-corrected chi connectivity index (χ2v) is 4.59. The van der Waals surface area contributed by atoms with E-state index in [0.717, 1.165) is 13.0 Å². The molecule has 0 atom stereocenters. The normalized spacial score (nSPS) is 10.4. The van der Waals surface area contributed by atoms with Gasteiger partial charge in [0, 0.05) is 18.7 Å². The van der Waals surface area contributed by atoms with Gasteiger partial charge in [-0.15, -0.1) is 0 Å². The van der Waals surface area contributed by atoms with Crippen LogP contribution in [0.15, 0.2) is 12.1 Å². The molecular formula is C14H22N2O4. The van der Waals surface area contributed by atoms with E-state index in [-0.39, 0.29) is 5.56 Å². The number of carbonyl (C=O) groups is 1. The van der Waals surface area contributed by atoms with Crippen LogP contribution in [0.1, 0.15) is 16.8 Å². The highest BCUT2D eigenvalue weighted by molar-refractivity contribution is 5.96. The van der Waals surface area contributed by atoms with Crippen molar-refractivity contribution in [1.29, 1.82) is 0 Å². The Bertz CT molecular complexity index is 461. The molecule has 6 nitrogen and oxygen atoms in total. The van der Waals surface area contributed by atoms with Crippen LogP contribution < -0.4 is 15.2 Å². The Balaban J connectivity index is 2.72. The molecule has 6 heteroatoms. The number of nitrogen functional groups attached to an aromatic ring is 1. The van der Waals surface area contributed by atoms with Crippen LogP contribution in [-0.4, -0.2) is 52.3 Å². The number of methoxy groups -OCH3 is 2. The Morgan fingerprint density at radius 1 is 1.20 bits per heavy atom. The minimum atomic E-state index is -0.456. The highest BCUT2D eigenvalue weighted by Gasteiger charge is 2.16. The number of benzene rings is 1. The number of hydrogen-bond acceptors (Lipinski definition) is 6. The number of anilines is 1. The zero-order valence-electron chi connectivity index (χ0n) is 12.4. The molecule has 0 heterocycles. The van der Waals surface area contributed by atoms with Gasteiger partial charge in [0.15, 0.2) is 11.5 Å². The van der Waals surface area contributed by atoms with E-state index in [1.54, 1.807) is 6.07 Å². The third-order valence-electron chi connectivity index (χ3n) is 2.76. The summed E-state index contributed by atoms with van der Waals surface area (Å²) in [5, 5.41) is 0. The first kappa shape index (κ1) is 16.1. The average molecular weight is 282 g/mol. The second kappa shape index (κ2) is 7.59. The number of carbonyl (C=O) groups excluding carboxylic acids is 1. The van der Waals surface area contributed by atoms with E-state index in [1.807, 2.05) is 19.0 Å². The number of hydrogen-bond donors (Lipinski definition) is 1. The maximum atomic E-state index is 12.0. The van der Waals surface area contributed by atoms with Crippen molar-refractivity contribution in [3.05, 3.63) is 17.7 Å². The zero-order valence-corrected chi connectivity index (χ0v) is 12.4. The lowest BCUT2D eigenvalue weighted by molar-refractivity contribution is 0.0494. The van der Waals surface area contributed by atoms with Gasteiger partial charge in [-0.1, -0.05) is 0 Å². The smallest absolute Gasteiger partial charge is 0.340 e. The summed E-state index contributed by atoms with van der Waals surface area (Å²) in [5.41, 5.74) is 6.42. The summed E-state index contributed by atoms with van der Waals surface area (Å²) in [6, 6.07) is 3.08. The molecule has 0 amide bonds. The summed E-state index contributed by atoms with van der Waals surface area (Å²) >= 11 is 0. The van der Waals surface area contributed by atoms with Crippen molar-refractivity contribution < 1.29 is 19.0 Å². The minimum Gasteiger partial charge on any atom is -0.493 e. The highest BCUT2D eigenvalue weighted by atomic mass is 16.5. The molecule has 0 aliphatic heterocycles. The van der Waals surface area contributed by atoms with E-state index in [4.69, 9.17) is 19.9 Å². The quantitative estimate of drug-likeness (QED) is 0.463. The third-order valence-corrected chi connectivity index (χ3v) is 2.76. The Morgan fingerprint density at radius 3 is 2.35 bits per heavy atom. The molecule has 0 saturated carbocycles. The molecule has 1 aromatic carbocycles. The number of ether oxygens (including phenoxy) is 3. The standard InChI is InChI=1S/C14H22N2O4/c1-16(2)6-5-7-20-14(17)10-8-12(18-3)13(19-4)9-11(10)15/h8-9H,5-7,15H2,1-4H3. The van der Waals surface area contributed by atoms with E-state index in [1.165, 1.54) is 20.3 Å². The number of esters is 1. The number of rotatable bonds is 7. The first-order chi connectivity index (χ1) is 9.49. The fourth-order valence-corrected chi connectivity index (χ4v) is 1.69. The van der Waals surface area contributed by atoms with E-state index in [2.05, 4.69) is 0 Å². The summed E-state index contributed by atoms with van der Waals surface area (Å²) in [6.45, 7) is 1.21. The second-order valence-electron chi connectivity index (χ2n) is 4.59. The maximum Gasteiger partial charge on any atom is 0.340 e. The summed E-state index contributed by atoms with van der Waals surface area (Å²) in [5.74, 6) is 0.471. The molecule has 0 unspecified atom stereocenters. The van der Waals surface area contributed by atoms with Crippen LogP contribution >= 0.6 is 0 Å². The van der Waals surface area contributed by atoms with Crippen molar-refractivity contribution >= 4 is 11.7 Å². The third kappa shape index (κ3) is 4.31. The van der Waals surface area contributed by atoms with Gasteiger partial charge in [0.25, 0.3) is 0 Å². The first-order valence-corrected chi connectivity index (χ1v) is 6.33. The molecular weight excluding hydrogens is 260 g/mol. The SMILES string of the molecule is COc1cc(N)c(C(=O)OCCCN(C)C)cc1OC. The minimum absolute atomic E-state index is 0.285. The molecule has 112 valence electrons. The topological polar surface area (TPSA) is 74.0 Å². The molecule has 0 aliphatic carbocycles. The van der Waals surface area contributed by atoms with Crippen LogP contribution in [0.5, 0.6) is 11.5 Å². The lowest BCUT2D eigenvalue weighted by atomic mass is 10.1. The maximum absolute atomic E-state index is 12.0. The summed E-state index contributed by atoms with van der Waals surface area (Å²) in [7, 11) is 6.94. The predicted molar refractivity (Wildman–Crippen MR) is 77.4 cm³/mol. The van der Waals surface area contributed by atoms with Crippen molar-refractivity contribution in [2.45, 2.75) is 6.42 Å². The van der Waals surface area contributed by atoms with E-state index < -0.39 is 5.97 Å². The monoisotopic (exact) mass is 282 g/mol. The molecule has 0 bridgehead atoms. The Morgan fingerprint density at radius 2 is 1.80 bits per heavy atom. The molecule has 0 radical (unpaired) electrons. The van der Waals surface area contributed by atoms with Gasteiger partial charge in [-0.3, -0.25) is 0 Å². The molecule has 1 aromatic rings. The Labute approximate surface area is 119 Å². The zero-order chi connectivity index (χ0) is 15.1. The van der Waals surface area contributed by atoms with Crippen molar-refractivity contribution in [2.24, 2.45) is 0 Å². The predicted octanol–water partition coefficient (Wildman–Crippen LogP) is 1.39. The van der Waals surface area contributed by atoms with Crippen LogP contribution in [0.3, 0.4) is 0 Å². The molecule has 2 N–H and O–H groups in total. The molecule has 0 fully saturated rings. The van der Waals surface area contributed by atoms with Crippen molar-refractivity contribution in [3.8, 4) is 11.5 Å². The van der Waals surface area contributed by atoms with Crippen molar-refractivity contribution in [2.75, 3.05) is 47.2 Å².